The summed E-state index contributed by atoms with van der Waals surface area (Å²) in [6.07, 6.45) is 6.78. The van der Waals surface area contributed by atoms with E-state index in [2.05, 4.69) is 15.0 Å². The van der Waals surface area contributed by atoms with Crippen LogP contribution in [0.4, 0.5) is 0 Å². The molecule has 0 radical (unpaired) electrons. The Labute approximate surface area is 87.1 Å². The molecule has 76 valence electrons. The number of pyridine rings is 1. The molecule has 0 aliphatic carbocycles. The van der Waals surface area contributed by atoms with Crippen LogP contribution in [-0.2, 0) is 0 Å². The van der Waals surface area contributed by atoms with Gasteiger partial charge in [0, 0.05) is 17.7 Å². The van der Waals surface area contributed by atoms with Crippen LogP contribution in [0.15, 0.2) is 29.5 Å². The molecule has 5 nitrogen and oxygen atoms in total. The number of rotatable bonds is 5. The standard InChI is InChI=1S/C10H10N4O/c11-14-13-6-2-1-3-9-4-5-10(8-15)12-7-9/h1,3-5,7-8H,2,6H2. The van der Waals surface area contributed by atoms with Gasteiger partial charge in [-0.3, -0.25) is 9.78 Å². The second-order valence-electron chi connectivity index (χ2n) is 2.78. The molecule has 0 unspecified atom stereocenters. The molecule has 0 bridgehead atoms. The Hall–Kier alpha value is -2.13. The van der Waals surface area contributed by atoms with Gasteiger partial charge in [0.2, 0.25) is 0 Å². The fourth-order valence-electron chi connectivity index (χ4n) is 0.981. The van der Waals surface area contributed by atoms with Crippen molar-refractivity contribution in [1.82, 2.24) is 4.98 Å². The molecule has 0 aliphatic rings. The summed E-state index contributed by atoms with van der Waals surface area (Å²) in [4.78, 5) is 16.9. The van der Waals surface area contributed by atoms with E-state index in [1.54, 1.807) is 18.3 Å². The van der Waals surface area contributed by atoms with E-state index in [1.807, 2.05) is 12.2 Å². The lowest BCUT2D eigenvalue weighted by atomic mass is 10.2. The second-order valence-corrected chi connectivity index (χ2v) is 2.78. The zero-order valence-electron chi connectivity index (χ0n) is 8.08. The van der Waals surface area contributed by atoms with Gasteiger partial charge < -0.3 is 0 Å². The first-order valence-electron chi connectivity index (χ1n) is 4.45. The molecule has 0 aromatic carbocycles. The third-order valence-electron chi connectivity index (χ3n) is 1.70. The topological polar surface area (TPSA) is 78.7 Å². The Balaban J connectivity index is 2.49. The van der Waals surface area contributed by atoms with Crippen molar-refractivity contribution in [3.05, 3.63) is 46.1 Å². The largest absolute Gasteiger partial charge is 0.296 e. The van der Waals surface area contributed by atoms with Crippen molar-refractivity contribution in [2.45, 2.75) is 6.42 Å². The summed E-state index contributed by atoms with van der Waals surface area (Å²) in [5.41, 5.74) is 9.37. The van der Waals surface area contributed by atoms with Crippen LogP contribution in [-0.4, -0.2) is 17.8 Å². The Kier molecular flexibility index (Phi) is 4.63. The van der Waals surface area contributed by atoms with E-state index < -0.39 is 0 Å². The highest BCUT2D eigenvalue weighted by molar-refractivity contribution is 5.71. The van der Waals surface area contributed by atoms with E-state index in [0.717, 1.165) is 5.56 Å². The smallest absolute Gasteiger partial charge is 0.168 e. The van der Waals surface area contributed by atoms with Gasteiger partial charge in [-0.1, -0.05) is 23.3 Å². The molecular weight excluding hydrogens is 192 g/mol. The van der Waals surface area contributed by atoms with E-state index in [0.29, 0.717) is 24.9 Å². The molecule has 1 aromatic heterocycles. The predicted octanol–water partition coefficient (Wildman–Crippen LogP) is 2.61. The lowest BCUT2D eigenvalue weighted by Crippen LogP contribution is -1.85. The maximum atomic E-state index is 10.3. The van der Waals surface area contributed by atoms with Crippen molar-refractivity contribution in [3.63, 3.8) is 0 Å². The van der Waals surface area contributed by atoms with E-state index in [4.69, 9.17) is 5.53 Å². The van der Waals surface area contributed by atoms with Crippen LogP contribution in [0.2, 0.25) is 0 Å². The van der Waals surface area contributed by atoms with Gasteiger partial charge in [-0.2, -0.15) is 0 Å². The first kappa shape index (κ1) is 10.9. The van der Waals surface area contributed by atoms with Crippen LogP contribution >= 0.6 is 0 Å². The molecule has 0 spiro atoms. The molecule has 15 heavy (non-hydrogen) atoms. The van der Waals surface area contributed by atoms with Gasteiger partial charge in [-0.05, 0) is 23.6 Å². The molecule has 0 N–H and O–H groups in total. The van der Waals surface area contributed by atoms with E-state index in [-0.39, 0.29) is 0 Å². The number of carbonyl (C=O) groups excluding carboxylic acids is 1. The summed E-state index contributed by atoms with van der Waals surface area (Å²) in [7, 11) is 0. The molecule has 1 aromatic rings. The van der Waals surface area contributed by atoms with Gasteiger partial charge in [0.15, 0.2) is 6.29 Å². The van der Waals surface area contributed by atoms with Gasteiger partial charge in [-0.15, -0.1) is 0 Å². The van der Waals surface area contributed by atoms with Crippen LogP contribution in [0.1, 0.15) is 22.5 Å². The molecular formula is C10H10N4O. The van der Waals surface area contributed by atoms with Crippen molar-refractivity contribution in [3.8, 4) is 0 Å². The van der Waals surface area contributed by atoms with Crippen molar-refractivity contribution in [2.24, 2.45) is 5.11 Å². The van der Waals surface area contributed by atoms with Gasteiger partial charge in [0.25, 0.3) is 0 Å². The summed E-state index contributed by atoms with van der Waals surface area (Å²) in [5, 5.41) is 3.40. The minimum atomic E-state index is 0.418. The molecule has 0 saturated carbocycles. The highest BCUT2D eigenvalue weighted by atomic mass is 16.1. The highest BCUT2D eigenvalue weighted by Gasteiger charge is 1.90. The SMILES string of the molecule is [N-]=[N+]=NCCC=Cc1ccc(C=O)nc1. The summed E-state index contributed by atoms with van der Waals surface area (Å²) < 4.78 is 0. The maximum Gasteiger partial charge on any atom is 0.168 e. The Morgan fingerprint density at radius 1 is 1.53 bits per heavy atom. The van der Waals surface area contributed by atoms with Crippen LogP contribution < -0.4 is 0 Å². The normalized spacial score (nSPS) is 9.87. The number of hydrogen-bond acceptors (Lipinski definition) is 3. The number of nitrogens with zero attached hydrogens (tertiary/aromatic N) is 4. The van der Waals surface area contributed by atoms with Gasteiger partial charge in [-0.25, -0.2) is 0 Å². The zero-order valence-corrected chi connectivity index (χ0v) is 8.08. The van der Waals surface area contributed by atoms with Crippen LogP contribution in [0, 0.1) is 0 Å². The fourth-order valence-corrected chi connectivity index (χ4v) is 0.981. The first-order valence-corrected chi connectivity index (χ1v) is 4.45. The minimum Gasteiger partial charge on any atom is -0.296 e. The molecule has 5 heteroatoms. The Morgan fingerprint density at radius 3 is 3.00 bits per heavy atom. The maximum absolute atomic E-state index is 10.3. The van der Waals surface area contributed by atoms with Gasteiger partial charge in [0.1, 0.15) is 5.69 Å². The van der Waals surface area contributed by atoms with Gasteiger partial charge in [0.05, 0.1) is 0 Å². The first-order chi connectivity index (χ1) is 7.36. The molecule has 0 fully saturated rings. The lowest BCUT2D eigenvalue weighted by Gasteiger charge is -1.92. The third kappa shape index (κ3) is 4.06. The van der Waals surface area contributed by atoms with Crippen molar-refractivity contribution >= 4 is 12.4 Å². The summed E-state index contributed by atoms with van der Waals surface area (Å²) in [6.45, 7) is 0.451. The number of aldehydes is 1. The molecule has 0 saturated heterocycles. The van der Waals surface area contributed by atoms with Crippen LogP contribution in [0.3, 0.4) is 0 Å². The van der Waals surface area contributed by atoms with Crippen LogP contribution in [0.5, 0.6) is 0 Å². The van der Waals surface area contributed by atoms with Crippen LogP contribution in [0.25, 0.3) is 16.5 Å². The van der Waals surface area contributed by atoms with Crippen molar-refractivity contribution < 1.29 is 4.79 Å². The predicted molar refractivity (Wildman–Crippen MR) is 57.3 cm³/mol. The molecule has 1 rings (SSSR count). The van der Waals surface area contributed by atoms with Gasteiger partial charge >= 0.3 is 0 Å². The highest BCUT2D eigenvalue weighted by Crippen LogP contribution is 2.02. The Bertz CT molecular complexity index is 390. The minimum absolute atomic E-state index is 0.418. The average Bonchev–Trinajstić information content (AvgIpc) is 2.30. The summed E-state index contributed by atoms with van der Waals surface area (Å²) in [6, 6.07) is 3.46. The zero-order chi connectivity index (χ0) is 10.9. The number of aromatic nitrogens is 1. The molecule has 0 atom stereocenters. The summed E-state index contributed by atoms with van der Waals surface area (Å²) >= 11 is 0. The van der Waals surface area contributed by atoms with E-state index in [1.165, 1.54) is 0 Å². The average molecular weight is 202 g/mol. The quantitative estimate of drug-likeness (QED) is 0.242. The number of hydrogen-bond donors (Lipinski definition) is 0. The van der Waals surface area contributed by atoms with Crippen molar-refractivity contribution in [1.29, 1.82) is 0 Å². The number of carbonyl (C=O) groups is 1. The third-order valence-corrected chi connectivity index (χ3v) is 1.70. The summed E-state index contributed by atoms with van der Waals surface area (Å²) in [5.74, 6) is 0. The van der Waals surface area contributed by atoms with Crippen molar-refractivity contribution in [2.75, 3.05) is 6.54 Å². The number of azide groups is 1. The molecule has 0 amide bonds. The monoisotopic (exact) mass is 202 g/mol. The molecule has 1 heterocycles. The fraction of sp³-hybridized carbons (Fsp3) is 0.200. The Morgan fingerprint density at radius 2 is 2.40 bits per heavy atom. The molecule has 0 aliphatic heterocycles. The van der Waals surface area contributed by atoms with E-state index >= 15 is 0 Å². The lowest BCUT2D eigenvalue weighted by molar-refractivity contribution is 0.111. The second kappa shape index (κ2) is 6.34. The van der Waals surface area contributed by atoms with E-state index in [9.17, 15) is 4.79 Å².